The zero-order chi connectivity index (χ0) is 23.8. The van der Waals surface area contributed by atoms with Crippen LogP contribution < -0.4 is 15.1 Å². The molecule has 1 unspecified atom stereocenters. The molecule has 182 valence electrons. The third kappa shape index (κ3) is 3.93. The molecule has 3 aromatic heterocycles. The Balaban J connectivity index is 1.53. The van der Waals surface area contributed by atoms with E-state index >= 15 is 0 Å². The molecule has 6 rings (SSSR count). The predicted octanol–water partition coefficient (Wildman–Crippen LogP) is 4.97. The number of anilines is 1. The molecule has 1 atom stereocenters. The maximum Gasteiger partial charge on any atom is 0.182 e. The predicted molar refractivity (Wildman–Crippen MR) is 142 cm³/mol. The number of nitrogens with zero attached hydrogens (tertiary/aromatic N) is 5. The van der Waals surface area contributed by atoms with Crippen LogP contribution in [0.15, 0.2) is 37.1 Å². The van der Waals surface area contributed by atoms with Gasteiger partial charge in [0.05, 0.1) is 36.5 Å². The van der Waals surface area contributed by atoms with Gasteiger partial charge in [-0.2, -0.15) is 0 Å². The van der Waals surface area contributed by atoms with Gasteiger partial charge in [-0.3, -0.25) is 4.48 Å². The number of hydrogen-bond acceptors (Lipinski definition) is 6. The maximum absolute atomic E-state index is 6.90. The minimum atomic E-state index is -0.0334. The van der Waals surface area contributed by atoms with Crippen LogP contribution >= 0.6 is 11.6 Å². The highest BCUT2D eigenvalue weighted by atomic mass is 35.5. The zero-order valence-electron chi connectivity index (χ0n) is 20.1. The molecule has 5 heterocycles. The first-order valence-corrected chi connectivity index (χ1v) is 13.1. The number of H-pyrrole nitrogens is 1. The molecule has 0 saturated carbocycles. The molecule has 0 radical (unpaired) electrons. The van der Waals surface area contributed by atoms with Crippen molar-refractivity contribution in [1.29, 1.82) is 0 Å². The number of benzene rings is 1. The summed E-state index contributed by atoms with van der Waals surface area (Å²) >= 11 is 6.90. The third-order valence-corrected chi connectivity index (χ3v) is 8.27. The first-order valence-electron chi connectivity index (χ1n) is 12.7. The fraction of sp³-hybridized carbons (Fsp3) is 0.462. The Morgan fingerprint density at radius 2 is 1.91 bits per heavy atom. The topological polar surface area (TPSA) is 91.4 Å². The Hall–Kier alpha value is -2.81. The maximum atomic E-state index is 6.90. The van der Waals surface area contributed by atoms with E-state index in [1.54, 1.807) is 12.7 Å². The molecule has 2 aliphatic heterocycles. The van der Waals surface area contributed by atoms with Crippen LogP contribution in [0, 0.1) is 0 Å². The number of hydrogen-bond donors (Lipinski definition) is 3. The van der Waals surface area contributed by atoms with Gasteiger partial charge in [-0.15, -0.1) is 0 Å². The lowest BCUT2D eigenvalue weighted by molar-refractivity contribution is 0.139. The zero-order valence-corrected chi connectivity index (χ0v) is 20.9. The second-order valence-corrected chi connectivity index (χ2v) is 10.3. The second kappa shape index (κ2) is 9.33. The number of nitrogens with one attached hydrogen (secondary N) is 3. The summed E-state index contributed by atoms with van der Waals surface area (Å²) in [5, 5.41) is 9.00. The number of quaternary nitrogens is 1. The molecular weight excluding hydrogens is 460 g/mol. The lowest BCUT2D eigenvalue weighted by atomic mass is 9.91. The van der Waals surface area contributed by atoms with E-state index < -0.39 is 0 Å². The normalized spacial score (nSPS) is 19.7. The van der Waals surface area contributed by atoms with E-state index in [1.807, 2.05) is 12.3 Å². The van der Waals surface area contributed by atoms with E-state index in [4.69, 9.17) is 16.6 Å². The van der Waals surface area contributed by atoms with Crippen molar-refractivity contribution in [1.82, 2.24) is 34.7 Å². The Morgan fingerprint density at radius 1 is 1.09 bits per heavy atom. The summed E-state index contributed by atoms with van der Waals surface area (Å²) in [6, 6.07) is 6.80. The van der Waals surface area contributed by atoms with Gasteiger partial charge < -0.3 is 15.6 Å². The number of aromatic nitrogens is 5. The molecule has 1 aromatic carbocycles. The lowest BCUT2D eigenvalue weighted by Crippen LogP contribution is -2.62. The van der Waals surface area contributed by atoms with Crippen LogP contribution in [0.3, 0.4) is 0 Å². The van der Waals surface area contributed by atoms with Crippen molar-refractivity contribution in [3.05, 3.63) is 47.6 Å². The lowest BCUT2D eigenvalue weighted by Gasteiger charge is -2.49. The number of imidazole rings is 1. The Morgan fingerprint density at radius 3 is 2.74 bits per heavy atom. The van der Waals surface area contributed by atoms with Gasteiger partial charge in [0.1, 0.15) is 17.4 Å². The van der Waals surface area contributed by atoms with Gasteiger partial charge >= 0.3 is 0 Å². The average molecular weight is 492 g/mol. The molecule has 9 heteroatoms. The molecule has 2 saturated heterocycles. The second-order valence-electron chi connectivity index (χ2n) is 9.91. The number of halogens is 1. The van der Waals surface area contributed by atoms with Crippen molar-refractivity contribution in [3.63, 3.8) is 0 Å². The van der Waals surface area contributed by atoms with E-state index in [1.165, 1.54) is 43.4 Å². The highest BCUT2D eigenvalue weighted by molar-refractivity contribution is 6.36. The standard InChI is InChI=1S/C26H32ClN8/c1-17(34-26-23-25(31-15-30-23)32-16-33-26)20-14-21(27)19-6-5-9-29-22(19)24(20)35(12-3-2-4-13-35)18-7-10-28-11-8-18/h5-6,9,14-18,28H,2-4,7-8,10-13H2,1H3,(H2,30,31,32,33,34)/q+1. The average Bonchev–Trinajstić information content (AvgIpc) is 3.40. The van der Waals surface area contributed by atoms with E-state index in [-0.39, 0.29) is 6.04 Å². The molecule has 35 heavy (non-hydrogen) atoms. The molecule has 4 aromatic rings. The van der Waals surface area contributed by atoms with Crippen LogP contribution in [0.25, 0.3) is 22.1 Å². The molecule has 3 N–H and O–H groups in total. The summed E-state index contributed by atoms with van der Waals surface area (Å²) in [5.41, 5.74) is 5.05. The molecule has 0 aliphatic carbocycles. The van der Waals surface area contributed by atoms with Crippen LogP contribution in [-0.2, 0) is 0 Å². The number of pyridine rings is 1. The van der Waals surface area contributed by atoms with E-state index in [0.29, 0.717) is 11.7 Å². The van der Waals surface area contributed by atoms with Crippen LogP contribution in [-0.4, -0.2) is 57.1 Å². The van der Waals surface area contributed by atoms with E-state index in [9.17, 15) is 0 Å². The highest BCUT2D eigenvalue weighted by Crippen LogP contribution is 2.45. The van der Waals surface area contributed by atoms with Crippen LogP contribution in [0.2, 0.25) is 5.02 Å². The van der Waals surface area contributed by atoms with Crippen molar-refractivity contribution >= 4 is 45.2 Å². The molecule has 2 aliphatic rings. The van der Waals surface area contributed by atoms with Crippen LogP contribution in [0.1, 0.15) is 50.6 Å². The molecular formula is C26H32ClN8+. The quantitative estimate of drug-likeness (QED) is 0.341. The minimum Gasteiger partial charge on any atom is -0.361 e. The highest BCUT2D eigenvalue weighted by Gasteiger charge is 2.44. The summed E-state index contributed by atoms with van der Waals surface area (Å²) in [6.45, 7) is 6.64. The first-order chi connectivity index (χ1) is 17.2. The Kier molecular flexibility index (Phi) is 6.04. The Bertz CT molecular complexity index is 1340. The minimum absolute atomic E-state index is 0.0334. The Labute approximate surface area is 210 Å². The van der Waals surface area contributed by atoms with E-state index in [0.717, 1.165) is 57.9 Å². The van der Waals surface area contributed by atoms with Gasteiger partial charge in [-0.05, 0) is 44.4 Å². The third-order valence-electron chi connectivity index (χ3n) is 7.95. The fourth-order valence-corrected chi connectivity index (χ4v) is 6.58. The van der Waals surface area contributed by atoms with Gasteiger partial charge in [-0.1, -0.05) is 11.6 Å². The van der Waals surface area contributed by atoms with Gasteiger partial charge in [0, 0.05) is 43.1 Å². The summed E-state index contributed by atoms with van der Waals surface area (Å²) < 4.78 is 0.997. The van der Waals surface area contributed by atoms with Gasteiger partial charge in [0.2, 0.25) is 0 Å². The molecule has 0 amide bonds. The number of fused-ring (bicyclic) bond motifs is 2. The summed E-state index contributed by atoms with van der Waals surface area (Å²) in [5.74, 6) is 0.746. The SMILES string of the molecule is CC(Nc1ncnc2nc[nH]c12)c1cc(Cl)c2cccnc2c1[N+]1(C2CCNCC2)CCCCC1. The largest absolute Gasteiger partial charge is 0.361 e. The van der Waals surface area contributed by atoms with E-state index in [2.05, 4.69) is 49.6 Å². The summed E-state index contributed by atoms with van der Waals surface area (Å²) in [6.07, 6.45) is 11.3. The summed E-state index contributed by atoms with van der Waals surface area (Å²) in [7, 11) is 0. The number of rotatable bonds is 5. The van der Waals surface area contributed by atoms with Crippen molar-refractivity contribution in [3.8, 4) is 0 Å². The first kappa shape index (κ1) is 22.6. The molecule has 2 fully saturated rings. The molecule has 0 bridgehead atoms. The van der Waals surface area contributed by atoms with Gasteiger partial charge in [0.25, 0.3) is 0 Å². The monoisotopic (exact) mass is 491 g/mol. The van der Waals surface area contributed by atoms with Gasteiger partial charge in [0.15, 0.2) is 17.2 Å². The molecule has 0 spiro atoms. The number of piperidine rings is 2. The van der Waals surface area contributed by atoms with Crippen LogP contribution in [0.5, 0.6) is 0 Å². The number of aromatic amines is 1. The summed E-state index contributed by atoms with van der Waals surface area (Å²) in [4.78, 5) is 21.2. The smallest absolute Gasteiger partial charge is 0.182 e. The fourth-order valence-electron chi connectivity index (χ4n) is 6.31. The number of likely N-dealkylation sites (tertiary alicyclic amines) is 1. The van der Waals surface area contributed by atoms with Crippen molar-refractivity contribution in [2.75, 3.05) is 31.5 Å². The van der Waals surface area contributed by atoms with Crippen molar-refractivity contribution in [2.45, 2.75) is 51.1 Å². The van der Waals surface area contributed by atoms with Crippen molar-refractivity contribution in [2.24, 2.45) is 0 Å². The molecule has 8 nitrogen and oxygen atoms in total. The van der Waals surface area contributed by atoms with Crippen molar-refractivity contribution < 1.29 is 0 Å². The van der Waals surface area contributed by atoms with Gasteiger partial charge in [-0.25, -0.2) is 19.9 Å². The van der Waals surface area contributed by atoms with Crippen LogP contribution in [0.4, 0.5) is 11.5 Å².